The fourth-order valence-corrected chi connectivity index (χ4v) is 1.77. The highest BCUT2D eigenvalue weighted by Crippen LogP contribution is 2.07. The van der Waals surface area contributed by atoms with Crippen molar-refractivity contribution in [3.05, 3.63) is 29.8 Å². The smallest absolute Gasteiger partial charge is 0.224 e. The summed E-state index contributed by atoms with van der Waals surface area (Å²) in [5.41, 5.74) is 7.27. The van der Waals surface area contributed by atoms with Crippen LogP contribution in [0.2, 0.25) is 0 Å². The Morgan fingerprint density at radius 1 is 1.22 bits per heavy atom. The number of nitrogens with one attached hydrogen (secondary N) is 1. The Hall–Kier alpha value is -1.55. The van der Waals surface area contributed by atoms with Crippen molar-refractivity contribution in [1.29, 1.82) is 0 Å². The number of hydrogen-bond donors (Lipinski definition) is 3. The van der Waals surface area contributed by atoms with Crippen molar-refractivity contribution in [3.63, 3.8) is 0 Å². The molecule has 0 bridgehead atoms. The summed E-state index contributed by atoms with van der Waals surface area (Å²) in [7, 11) is 0. The normalized spacial score (nSPS) is 10.3. The summed E-state index contributed by atoms with van der Waals surface area (Å²) in [4.78, 5) is 11.6. The molecule has 0 unspecified atom stereocenters. The predicted molar refractivity (Wildman–Crippen MR) is 73.1 cm³/mol. The molecular formula is C14H22N2O2. The molecule has 1 rings (SSSR count). The van der Waals surface area contributed by atoms with Crippen LogP contribution in [0.3, 0.4) is 0 Å². The Morgan fingerprint density at radius 2 is 2.00 bits per heavy atom. The van der Waals surface area contributed by atoms with E-state index in [0.717, 1.165) is 31.2 Å². The van der Waals surface area contributed by atoms with Crippen LogP contribution in [0.5, 0.6) is 0 Å². The molecule has 0 aliphatic heterocycles. The zero-order valence-corrected chi connectivity index (χ0v) is 10.7. The lowest BCUT2D eigenvalue weighted by Gasteiger charge is -2.05. The number of aliphatic hydroxyl groups is 1. The molecule has 4 heteroatoms. The topological polar surface area (TPSA) is 75.4 Å². The van der Waals surface area contributed by atoms with Gasteiger partial charge in [-0.25, -0.2) is 0 Å². The van der Waals surface area contributed by atoms with Crippen molar-refractivity contribution in [2.45, 2.75) is 32.1 Å². The van der Waals surface area contributed by atoms with Crippen LogP contribution in [-0.4, -0.2) is 24.2 Å². The first-order valence-corrected chi connectivity index (χ1v) is 6.44. The van der Waals surface area contributed by atoms with Crippen LogP contribution in [0.4, 0.5) is 5.69 Å². The highest BCUT2D eigenvalue weighted by atomic mass is 16.2. The average molecular weight is 250 g/mol. The van der Waals surface area contributed by atoms with E-state index < -0.39 is 0 Å². The molecule has 100 valence electrons. The largest absolute Gasteiger partial charge is 0.399 e. The molecule has 0 heterocycles. The number of benzene rings is 1. The van der Waals surface area contributed by atoms with Crippen LogP contribution in [-0.2, 0) is 11.2 Å². The Kier molecular flexibility index (Phi) is 6.87. The standard InChI is InChI=1S/C14H22N2O2/c15-13-7-5-6-12(10-13)11-14(18)16-8-3-1-2-4-9-17/h5-7,10,17H,1-4,8-9,11,15H2,(H,16,18). The van der Waals surface area contributed by atoms with Crippen molar-refractivity contribution in [1.82, 2.24) is 5.32 Å². The highest BCUT2D eigenvalue weighted by Gasteiger charge is 2.02. The number of hydrogen-bond acceptors (Lipinski definition) is 3. The van der Waals surface area contributed by atoms with E-state index in [2.05, 4.69) is 5.32 Å². The second kappa shape index (κ2) is 8.53. The van der Waals surface area contributed by atoms with Crippen molar-refractivity contribution in [2.75, 3.05) is 18.9 Å². The second-order valence-corrected chi connectivity index (χ2v) is 4.41. The number of amides is 1. The summed E-state index contributed by atoms with van der Waals surface area (Å²) in [5, 5.41) is 11.5. The zero-order valence-electron chi connectivity index (χ0n) is 10.7. The van der Waals surface area contributed by atoms with E-state index in [1.165, 1.54) is 0 Å². The van der Waals surface area contributed by atoms with Gasteiger partial charge in [0.1, 0.15) is 0 Å². The van der Waals surface area contributed by atoms with Gasteiger partial charge in [0.15, 0.2) is 0 Å². The molecule has 0 atom stereocenters. The first-order chi connectivity index (χ1) is 8.72. The molecule has 0 aliphatic carbocycles. The molecular weight excluding hydrogens is 228 g/mol. The van der Waals surface area contributed by atoms with Crippen molar-refractivity contribution >= 4 is 11.6 Å². The first-order valence-electron chi connectivity index (χ1n) is 6.44. The van der Waals surface area contributed by atoms with Gasteiger partial charge in [-0.3, -0.25) is 4.79 Å². The summed E-state index contributed by atoms with van der Waals surface area (Å²) >= 11 is 0. The zero-order chi connectivity index (χ0) is 13.2. The molecule has 0 aromatic heterocycles. The number of rotatable bonds is 8. The third kappa shape index (κ3) is 6.25. The van der Waals surface area contributed by atoms with Gasteiger partial charge < -0.3 is 16.2 Å². The molecule has 1 aromatic carbocycles. The van der Waals surface area contributed by atoms with Gasteiger partial charge in [0, 0.05) is 18.8 Å². The molecule has 0 radical (unpaired) electrons. The maximum absolute atomic E-state index is 11.6. The fraction of sp³-hybridized carbons (Fsp3) is 0.500. The summed E-state index contributed by atoms with van der Waals surface area (Å²) in [6.45, 7) is 0.953. The minimum Gasteiger partial charge on any atom is -0.399 e. The van der Waals surface area contributed by atoms with Crippen LogP contribution in [0, 0.1) is 0 Å². The Morgan fingerprint density at radius 3 is 2.72 bits per heavy atom. The molecule has 4 nitrogen and oxygen atoms in total. The van der Waals surface area contributed by atoms with E-state index in [1.54, 1.807) is 0 Å². The van der Waals surface area contributed by atoms with Gasteiger partial charge in [-0.15, -0.1) is 0 Å². The van der Waals surface area contributed by atoms with E-state index in [-0.39, 0.29) is 12.5 Å². The Balaban J connectivity index is 2.14. The summed E-state index contributed by atoms with van der Waals surface area (Å²) < 4.78 is 0. The van der Waals surface area contributed by atoms with Crippen LogP contribution in [0.1, 0.15) is 31.2 Å². The number of aliphatic hydroxyl groups excluding tert-OH is 1. The third-order valence-electron chi connectivity index (χ3n) is 2.72. The van der Waals surface area contributed by atoms with Crippen molar-refractivity contribution < 1.29 is 9.90 Å². The van der Waals surface area contributed by atoms with E-state index in [1.807, 2.05) is 24.3 Å². The number of nitrogens with two attached hydrogens (primary N) is 1. The van der Waals surface area contributed by atoms with Crippen molar-refractivity contribution in [2.24, 2.45) is 0 Å². The lowest BCUT2D eigenvalue weighted by atomic mass is 10.1. The first kappa shape index (κ1) is 14.5. The summed E-state index contributed by atoms with van der Waals surface area (Å²) in [6.07, 6.45) is 4.24. The SMILES string of the molecule is Nc1cccc(CC(=O)NCCCCCCO)c1. The highest BCUT2D eigenvalue weighted by molar-refractivity contribution is 5.78. The molecule has 1 amide bonds. The summed E-state index contributed by atoms with van der Waals surface area (Å²) in [5.74, 6) is 0.0303. The van der Waals surface area contributed by atoms with Gasteiger partial charge in [0.25, 0.3) is 0 Å². The summed E-state index contributed by atoms with van der Waals surface area (Å²) in [6, 6.07) is 7.38. The van der Waals surface area contributed by atoms with Gasteiger partial charge in [-0.1, -0.05) is 25.0 Å². The number of unbranched alkanes of at least 4 members (excludes halogenated alkanes) is 3. The molecule has 18 heavy (non-hydrogen) atoms. The second-order valence-electron chi connectivity index (χ2n) is 4.41. The third-order valence-corrected chi connectivity index (χ3v) is 2.72. The number of anilines is 1. The molecule has 0 fully saturated rings. The van der Waals surface area contributed by atoms with Gasteiger partial charge in [0.05, 0.1) is 6.42 Å². The van der Waals surface area contributed by atoms with Crippen LogP contribution in [0.15, 0.2) is 24.3 Å². The number of carbonyl (C=O) groups excluding carboxylic acids is 1. The van der Waals surface area contributed by atoms with Crippen LogP contribution in [0.25, 0.3) is 0 Å². The van der Waals surface area contributed by atoms with Crippen LogP contribution >= 0.6 is 0 Å². The maximum Gasteiger partial charge on any atom is 0.224 e. The molecule has 0 saturated carbocycles. The predicted octanol–water partition coefficient (Wildman–Crippen LogP) is 1.48. The molecule has 4 N–H and O–H groups in total. The average Bonchev–Trinajstić information content (AvgIpc) is 2.33. The van der Waals surface area contributed by atoms with E-state index in [4.69, 9.17) is 10.8 Å². The molecule has 0 spiro atoms. The van der Waals surface area contributed by atoms with E-state index in [9.17, 15) is 4.79 Å². The lowest BCUT2D eigenvalue weighted by Crippen LogP contribution is -2.26. The number of carbonyl (C=O) groups is 1. The molecule has 1 aromatic rings. The monoisotopic (exact) mass is 250 g/mol. The van der Waals surface area contributed by atoms with Gasteiger partial charge >= 0.3 is 0 Å². The quantitative estimate of drug-likeness (QED) is 0.483. The van der Waals surface area contributed by atoms with Crippen LogP contribution < -0.4 is 11.1 Å². The minimum absolute atomic E-state index is 0.0303. The molecule has 0 saturated heterocycles. The van der Waals surface area contributed by atoms with Gasteiger partial charge in [-0.2, -0.15) is 0 Å². The van der Waals surface area contributed by atoms with Crippen molar-refractivity contribution in [3.8, 4) is 0 Å². The lowest BCUT2D eigenvalue weighted by molar-refractivity contribution is -0.120. The van der Waals surface area contributed by atoms with E-state index >= 15 is 0 Å². The Bertz CT molecular complexity index is 367. The molecule has 0 aliphatic rings. The maximum atomic E-state index is 11.6. The van der Waals surface area contributed by atoms with Gasteiger partial charge in [0.2, 0.25) is 5.91 Å². The fourth-order valence-electron chi connectivity index (χ4n) is 1.77. The number of nitrogen functional groups attached to an aromatic ring is 1. The Labute approximate surface area is 108 Å². The van der Waals surface area contributed by atoms with E-state index in [0.29, 0.717) is 18.7 Å². The minimum atomic E-state index is 0.0303. The van der Waals surface area contributed by atoms with Gasteiger partial charge in [-0.05, 0) is 30.5 Å².